The Hall–Kier alpha value is -3.03. The fraction of sp³-hybridized carbons (Fsp3) is 0.353. The van der Waals surface area contributed by atoms with Crippen molar-refractivity contribution >= 4 is 12.0 Å². The zero-order chi connectivity index (χ0) is 17.8. The minimum Gasteiger partial charge on any atom is -0.493 e. The maximum absolute atomic E-state index is 12.3. The maximum atomic E-state index is 12.3. The van der Waals surface area contributed by atoms with Crippen LogP contribution in [-0.4, -0.2) is 60.2 Å². The minimum absolute atomic E-state index is 0.0508. The zero-order valence-electron chi connectivity index (χ0n) is 14.4. The molecule has 0 radical (unpaired) electrons. The van der Waals surface area contributed by atoms with Crippen LogP contribution in [0.1, 0.15) is 11.6 Å². The molecule has 1 fully saturated rings. The van der Waals surface area contributed by atoms with E-state index < -0.39 is 0 Å². The van der Waals surface area contributed by atoms with Crippen molar-refractivity contribution in [2.24, 2.45) is 0 Å². The molecule has 0 saturated carbocycles. The van der Waals surface area contributed by atoms with Gasteiger partial charge in [-0.2, -0.15) is 0 Å². The van der Waals surface area contributed by atoms with Crippen LogP contribution in [0.3, 0.4) is 0 Å². The number of benzene rings is 1. The SMILES string of the molecule is COc1cc(/C=C/C(=O)N2CC(n3ccnn3)C2)cc(OC)c1OC. The number of aromatic nitrogens is 3. The molecule has 0 N–H and O–H groups in total. The van der Waals surface area contributed by atoms with Gasteiger partial charge in [-0.15, -0.1) is 5.10 Å². The Morgan fingerprint density at radius 2 is 1.84 bits per heavy atom. The summed E-state index contributed by atoms with van der Waals surface area (Å²) in [6.45, 7) is 1.25. The van der Waals surface area contributed by atoms with Gasteiger partial charge in [-0.1, -0.05) is 5.21 Å². The molecule has 0 atom stereocenters. The molecule has 8 nitrogen and oxygen atoms in total. The molecule has 8 heteroatoms. The monoisotopic (exact) mass is 344 g/mol. The third-order valence-corrected chi connectivity index (χ3v) is 4.09. The highest BCUT2D eigenvalue weighted by atomic mass is 16.5. The van der Waals surface area contributed by atoms with Gasteiger partial charge >= 0.3 is 0 Å². The van der Waals surface area contributed by atoms with E-state index in [1.165, 1.54) is 6.08 Å². The van der Waals surface area contributed by atoms with Crippen LogP contribution in [0.15, 0.2) is 30.6 Å². The van der Waals surface area contributed by atoms with E-state index in [4.69, 9.17) is 14.2 Å². The predicted molar refractivity (Wildman–Crippen MR) is 90.8 cm³/mol. The highest BCUT2D eigenvalue weighted by Crippen LogP contribution is 2.38. The number of amides is 1. The van der Waals surface area contributed by atoms with Crippen LogP contribution in [-0.2, 0) is 4.79 Å². The number of methoxy groups -OCH3 is 3. The summed E-state index contributed by atoms with van der Waals surface area (Å²) in [5.74, 6) is 1.56. The Morgan fingerprint density at radius 1 is 1.16 bits per heavy atom. The van der Waals surface area contributed by atoms with Gasteiger partial charge in [-0.3, -0.25) is 4.79 Å². The smallest absolute Gasteiger partial charge is 0.246 e. The predicted octanol–water partition coefficient (Wildman–Crippen LogP) is 1.40. The number of carbonyl (C=O) groups excluding carboxylic acids is 1. The minimum atomic E-state index is -0.0508. The molecule has 0 spiro atoms. The number of rotatable bonds is 6. The fourth-order valence-electron chi connectivity index (χ4n) is 2.69. The van der Waals surface area contributed by atoms with E-state index >= 15 is 0 Å². The van der Waals surface area contributed by atoms with Gasteiger partial charge in [0.15, 0.2) is 11.5 Å². The summed E-state index contributed by atoms with van der Waals surface area (Å²) in [5.41, 5.74) is 0.788. The summed E-state index contributed by atoms with van der Waals surface area (Å²) in [5, 5.41) is 7.73. The third kappa shape index (κ3) is 3.42. The second-order valence-electron chi connectivity index (χ2n) is 5.57. The molecule has 1 aromatic heterocycles. The van der Waals surface area contributed by atoms with Crippen LogP contribution in [0.2, 0.25) is 0 Å². The van der Waals surface area contributed by atoms with Crippen LogP contribution >= 0.6 is 0 Å². The Labute approximate surface area is 145 Å². The molecule has 0 unspecified atom stereocenters. The molecule has 1 amide bonds. The summed E-state index contributed by atoms with van der Waals surface area (Å²) in [6.07, 6.45) is 6.71. The summed E-state index contributed by atoms with van der Waals surface area (Å²) < 4.78 is 17.7. The molecule has 1 aliphatic rings. The maximum Gasteiger partial charge on any atom is 0.246 e. The van der Waals surface area contributed by atoms with E-state index in [1.54, 1.807) is 61.5 Å². The molecule has 3 rings (SSSR count). The van der Waals surface area contributed by atoms with Crippen molar-refractivity contribution in [2.75, 3.05) is 34.4 Å². The first-order valence-electron chi connectivity index (χ1n) is 7.79. The zero-order valence-corrected chi connectivity index (χ0v) is 14.4. The molecule has 132 valence electrons. The lowest BCUT2D eigenvalue weighted by molar-refractivity contribution is -0.131. The fourth-order valence-corrected chi connectivity index (χ4v) is 2.69. The van der Waals surface area contributed by atoms with Crippen molar-refractivity contribution in [3.05, 3.63) is 36.2 Å². The van der Waals surface area contributed by atoms with Gasteiger partial charge in [-0.25, -0.2) is 4.68 Å². The van der Waals surface area contributed by atoms with Gasteiger partial charge < -0.3 is 19.1 Å². The number of ether oxygens (including phenoxy) is 3. The van der Waals surface area contributed by atoms with Crippen molar-refractivity contribution in [3.8, 4) is 17.2 Å². The van der Waals surface area contributed by atoms with Crippen LogP contribution in [0, 0.1) is 0 Å². The molecule has 0 bridgehead atoms. The number of nitrogens with zero attached hydrogens (tertiary/aromatic N) is 4. The van der Waals surface area contributed by atoms with Gasteiger partial charge in [-0.05, 0) is 23.8 Å². The van der Waals surface area contributed by atoms with E-state index in [2.05, 4.69) is 10.3 Å². The standard InChI is InChI=1S/C17H20N4O4/c1-23-14-8-12(9-15(24-2)17(14)25-3)4-5-16(22)20-10-13(11-20)21-7-6-18-19-21/h4-9,13H,10-11H2,1-3H3/b5-4+. The highest BCUT2D eigenvalue weighted by molar-refractivity contribution is 5.92. The molecule has 1 aromatic carbocycles. The Balaban J connectivity index is 1.67. The van der Waals surface area contributed by atoms with Gasteiger partial charge in [0.1, 0.15) is 0 Å². The van der Waals surface area contributed by atoms with Crippen molar-refractivity contribution in [1.82, 2.24) is 19.9 Å². The van der Waals surface area contributed by atoms with Gasteiger partial charge in [0.05, 0.1) is 33.6 Å². The Bertz CT molecular complexity index is 742. The molecular weight excluding hydrogens is 324 g/mol. The topological polar surface area (TPSA) is 78.7 Å². The van der Waals surface area contributed by atoms with Gasteiger partial charge in [0.2, 0.25) is 11.7 Å². The number of likely N-dealkylation sites (tertiary alicyclic amines) is 1. The van der Waals surface area contributed by atoms with Crippen molar-refractivity contribution in [1.29, 1.82) is 0 Å². The van der Waals surface area contributed by atoms with Crippen LogP contribution < -0.4 is 14.2 Å². The van der Waals surface area contributed by atoms with Crippen LogP contribution in [0.5, 0.6) is 17.2 Å². The van der Waals surface area contributed by atoms with Gasteiger partial charge in [0, 0.05) is 25.4 Å². The average molecular weight is 344 g/mol. The van der Waals surface area contributed by atoms with E-state index in [0.717, 1.165) is 5.56 Å². The van der Waals surface area contributed by atoms with Crippen molar-refractivity contribution in [3.63, 3.8) is 0 Å². The molecule has 2 aromatic rings. The summed E-state index contributed by atoms with van der Waals surface area (Å²) in [6, 6.07) is 3.78. The van der Waals surface area contributed by atoms with E-state index in [1.807, 2.05) is 0 Å². The first-order valence-corrected chi connectivity index (χ1v) is 7.79. The Morgan fingerprint density at radius 3 is 2.36 bits per heavy atom. The third-order valence-electron chi connectivity index (χ3n) is 4.09. The molecule has 25 heavy (non-hydrogen) atoms. The summed E-state index contributed by atoms with van der Waals surface area (Å²) in [7, 11) is 4.66. The van der Waals surface area contributed by atoms with E-state index in [-0.39, 0.29) is 11.9 Å². The first-order chi connectivity index (χ1) is 12.2. The summed E-state index contributed by atoms with van der Waals surface area (Å²) in [4.78, 5) is 14.0. The lowest BCUT2D eigenvalue weighted by Gasteiger charge is -2.38. The van der Waals surface area contributed by atoms with E-state index in [0.29, 0.717) is 30.3 Å². The molecule has 1 saturated heterocycles. The normalized spacial score (nSPS) is 14.4. The molecular formula is C17H20N4O4. The quantitative estimate of drug-likeness (QED) is 0.737. The van der Waals surface area contributed by atoms with E-state index in [9.17, 15) is 4.79 Å². The second kappa shape index (κ2) is 7.25. The lowest BCUT2D eigenvalue weighted by Crippen LogP contribution is -2.50. The largest absolute Gasteiger partial charge is 0.493 e. The molecule has 0 aliphatic carbocycles. The Kier molecular flexibility index (Phi) is 4.87. The van der Waals surface area contributed by atoms with Gasteiger partial charge in [0.25, 0.3) is 0 Å². The van der Waals surface area contributed by atoms with Crippen LogP contribution in [0.25, 0.3) is 6.08 Å². The second-order valence-corrected chi connectivity index (χ2v) is 5.57. The molecule has 1 aliphatic heterocycles. The first kappa shape index (κ1) is 16.8. The average Bonchev–Trinajstić information content (AvgIpc) is 3.11. The number of hydrogen-bond acceptors (Lipinski definition) is 6. The lowest BCUT2D eigenvalue weighted by atomic mass is 10.1. The van der Waals surface area contributed by atoms with Crippen molar-refractivity contribution in [2.45, 2.75) is 6.04 Å². The highest BCUT2D eigenvalue weighted by Gasteiger charge is 2.31. The number of carbonyl (C=O) groups is 1. The molecule has 2 heterocycles. The summed E-state index contributed by atoms with van der Waals surface area (Å²) >= 11 is 0. The number of hydrogen-bond donors (Lipinski definition) is 0. The van der Waals surface area contributed by atoms with Crippen LogP contribution in [0.4, 0.5) is 0 Å². The van der Waals surface area contributed by atoms with Crippen molar-refractivity contribution < 1.29 is 19.0 Å².